The zero-order chi connectivity index (χ0) is 14.0. The van der Waals surface area contributed by atoms with Crippen LogP contribution in [0.4, 0.5) is 8.78 Å². The van der Waals surface area contributed by atoms with Gasteiger partial charge in [0.1, 0.15) is 0 Å². The first-order chi connectivity index (χ1) is 8.99. The van der Waals surface area contributed by atoms with Crippen LogP contribution in [0.3, 0.4) is 0 Å². The number of rotatable bonds is 3. The van der Waals surface area contributed by atoms with Gasteiger partial charge in [0, 0.05) is 11.5 Å². The average Bonchev–Trinajstić information content (AvgIpc) is 2.41. The molecule has 1 aliphatic rings. The van der Waals surface area contributed by atoms with Crippen molar-refractivity contribution in [3.8, 4) is 0 Å². The Hall–Kier alpha value is -1.78. The number of Topliss-reactive ketones (excluding diaryl/α,β-unsaturated/α-hetero) is 1. The Labute approximate surface area is 109 Å². The van der Waals surface area contributed by atoms with Crippen molar-refractivity contribution in [1.82, 2.24) is 0 Å². The topological polar surface area (TPSA) is 54.4 Å². The molecule has 0 radical (unpaired) electrons. The number of carbonyl (C=O) groups is 2. The molecule has 0 bridgehead atoms. The summed E-state index contributed by atoms with van der Waals surface area (Å²) >= 11 is 0. The van der Waals surface area contributed by atoms with E-state index in [-0.39, 0.29) is 17.3 Å². The standard InChI is InChI=1S/C14H14F2O3/c15-11-6-5-10(7-12(11)16)13(17)8-1-3-9(4-2-8)14(18)19/h5-9H,1-4H2,(H,18,19). The van der Waals surface area contributed by atoms with E-state index in [2.05, 4.69) is 0 Å². The third-order valence-corrected chi connectivity index (χ3v) is 3.65. The summed E-state index contributed by atoms with van der Waals surface area (Å²) in [5, 5.41) is 8.87. The van der Waals surface area contributed by atoms with Crippen LogP contribution in [0, 0.1) is 23.5 Å². The Morgan fingerprint density at radius 3 is 2.11 bits per heavy atom. The first kappa shape index (κ1) is 13.6. The van der Waals surface area contributed by atoms with Gasteiger partial charge in [0.2, 0.25) is 0 Å². The number of ketones is 1. The molecule has 1 saturated carbocycles. The Balaban J connectivity index is 2.05. The van der Waals surface area contributed by atoms with Crippen LogP contribution in [0.15, 0.2) is 18.2 Å². The number of aliphatic carboxylic acids is 1. The first-order valence-electron chi connectivity index (χ1n) is 6.21. The van der Waals surface area contributed by atoms with Crippen molar-refractivity contribution in [3.63, 3.8) is 0 Å². The third kappa shape index (κ3) is 2.97. The highest BCUT2D eigenvalue weighted by molar-refractivity contribution is 5.98. The summed E-state index contributed by atoms with van der Waals surface area (Å²) in [6.07, 6.45) is 1.87. The van der Waals surface area contributed by atoms with Gasteiger partial charge < -0.3 is 5.11 Å². The number of benzene rings is 1. The van der Waals surface area contributed by atoms with Gasteiger partial charge in [0.15, 0.2) is 17.4 Å². The minimum Gasteiger partial charge on any atom is -0.481 e. The van der Waals surface area contributed by atoms with Crippen LogP contribution in [0.25, 0.3) is 0 Å². The highest BCUT2D eigenvalue weighted by Gasteiger charge is 2.30. The fourth-order valence-corrected chi connectivity index (χ4v) is 2.49. The summed E-state index contributed by atoms with van der Waals surface area (Å²) in [5.74, 6) is -3.77. The zero-order valence-electron chi connectivity index (χ0n) is 10.2. The predicted molar refractivity (Wildman–Crippen MR) is 63.8 cm³/mol. The van der Waals surface area contributed by atoms with Gasteiger partial charge in [-0.3, -0.25) is 9.59 Å². The lowest BCUT2D eigenvalue weighted by Gasteiger charge is -2.25. The van der Waals surface area contributed by atoms with E-state index < -0.39 is 23.5 Å². The van der Waals surface area contributed by atoms with Crippen molar-refractivity contribution in [2.45, 2.75) is 25.7 Å². The van der Waals surface area contributed by atoms with Gasteiger partial charge in [-0.25, -0.2) is 8.78 Å². The molecular weight excluding hydrogens is 254 g/mol. The van der Waals surface area contributed by atoms with E-state index in [0.29, 0.717) is 25.7 Å². The number of carboxylic acid groups (broad SMARTS) is 1. The maximum Gasteiger partial charge on any atom is 0.306 e. The summed E-state index contributed by atoms with van der Waals surface area (Å²) in [6, 6.07) is 3.11. The summed E-state index contributed by atoms with van der Waals surface area (Å²) in [7, 11) is 0. The molecule has 0 heterocycles. The molecule has 1 aromatic carbocycles. The molecule has 2 rings (SSSR count). The normalized spacial score (nSPS) is 23.1. The van der Waals surface area contributed by atoms with E-state index in [4.69, 9.17) is 5.11 Å². The van der Waals surface area contributed by atoms with Crippen LogP contribution in [-0.4, -0.2) is 16.9 Å². The van der Waals surface area contributed by atoms with Crippen LogP contribution < -0.4 is 0 Å². The lowest BCUT2D eigenvalue weighted by Crippen LogP contribution is -2.26. The Morgan fingerprint density at radius 2 is 1.58 bits per heavy atom. The molecule has 0 aliphatic heterocycles. The first-order valence-corrected chi connectivity index (χ1v) is 6.21. The van der Waals surface area contributed by atoms with E-state index >= 15 is 0 Å². The third-order valence-electron chi connectivity index (χ3n) is 3.65. The molecular formula is C14H14F2O3. The van der Waals surface area contributed by atoms with Crippen molar-refractivity contribution < 1.29 is 23.5 Å². The molecule has 3 nitrogen and oxygen atoms in total. The molecule has 5 heteroatoms. The molecule has 0 amide bonds. The summed E-state index contributed by atoms with van der Waals surface area (Å²) in [5.41, 5.74) is 0.151. The highest BCUT2D eigenvalue weighted by atomic mass is 19.2. The summed E-state index contributed by atoms with van der Waals surface area (Å²) in [6.45, 7) is 0. The van der Waals surface area contributed by atoms with Crippen LogP contribution in [0.1, 0.15) is 36.0 Å². The smallest absolute Gasteiger partial charge is 0.306 e. The minimum absolute atomic E-state index is 0.151. The van der Waals surface area contributed by atoms with E-state index in [1.54, 1.807) is 0 Å². The molecule has 102 valence electrons. The van der Waals surface area contributed by atoms with Gasteiger partial charge >= 0.3 is 5.97 Å². The minimum atomic E-state index is -1.04. The van der Waals surface area contributed by atoms with E-state index in [1.807, 2.05) is 0 Å². The fraction of sp³-hybridized carbons (Fsp3) is 0.429. The molecule has 0 saturated heterocycles. The lowest BCUT2D eigenvalue weighted by molar-refractivity contribution is -0.143. The van der Waals surface area contributed by atoms with Gasteiger partial charge in [-0.05, 0) is 43.9 Å². The number of halogens is 2. The number of hydrogen-bond donors (Lipinski definition) is 1. The second-order valence-corrected chi connectivity index (χ2v) is 4.88. The molecule has 0 aromatic heterocycles. The second kappa shape index (κ2) is 5.47. The van der Waals surface area contributed by atoms with Crippen molar-refractivity contribution in [3.05, 3.63) is 35.4 Å². The number of carbonyl (C=O) groups excluding carboxylic acids is 1. The molecule has 1 N–H and O–H groups in total. The average molecular weight is 268 g/mol. The molecule has 1 aliphatic carbocycles. The van der Waals surface area contributed by atoms with Gasteiger partial charge in [0.25, 0.3) is 0 Å². The van der Waals surface area contributed by atoms with E-state index in [1.165, 1.54) is 6.07 Å². The van der Waals surface area contributed by atoms with Gasteiger partial charge in [0.05, 0.1) is 5.92 Å². The van der Waals surface area contributed by atoms with Gasteiger partial charge in [-0.15, -0.1) is 0 Å². The second-order valence-electron chi connectivity index (χ2n) is 4.88. The molecule has 0 spiro atoms. The SMILES string of the molecule is O=C(O)C1CCC(C(=O)c2ccc(F)c(F)c2)CC1. The molecule has 0 unspecified atom stereocenters. The Bertz CT molecular complexity index is 505. The van der Waals surface area contributed by atoms with Crippen LogP contribution in [0.5, 0.6) is 0 Å². The maximum absolute atomic E-state index is 13.1. The zero-order valence-corrected chi connectivity index (χ0v) is 10.2. The summed E-state index contributed by atoms with van der Waals surface area (Å²) < 4.78 is 25.9. The molecule has 0 atom stereocenters. The predicted octanol–water partition coefficient (Wildman–Crippen LogP) is 3.04. The highest BCUT2D eigenvalue weighted by Crippen LogP contribution is 2.31. The summed E-state index contributed by atoms with van der Waals surface area (Å²) in [4.78, 5) is 22.9. The van der Waals surface area contributed by atoms with Gasteiger partial charge in [-0.2, -0.15) is 0 Å². The van der Waals surface area contributed by atoms with Crippen LogP contribution in [-0.2, 0) is 4.79 Å². The van der Waals surface area contributed by atoms with Crippen molar-refractivity contribution in [2.75, 3.05) is 0 Å². The molecule has 1 fully saturated rings. The van der Waals surface area contributed by atoms with Gasteiger partial charge in [-0.1, -0.05) is 0 Å². The van der Waals surface area contributed by atoms with E-state index in [9.17, 15) is 18.4 Å². The quantitative estimate of drug-likeness (QED) is 0.857. The van der Waals surface area contributed by atoms with Crippen molar-refractivity contribution in [1.29, 1.82) is 0 Å². The van der Waals surface area contributed by atoms with Crippen molar-refractivity contribution >= 4 is 11.8 Å². The van der Waals surface area contributed by atoms with Crippen LogP contribution in [0.2, 0.25) is 0 Å². The Kier molecular flexibility index (Phi) is 3.93. The van der Waals surface area contributed by atoms with E-state index in [0.717, 1.165) is 12.1 Å². The number of carboxylic acids is 1. The Morgan fingerprint density at radius 1 is 1.00 bits per heavy atom. The molecule has 1 aromatic rings. The largest absolute Gasteiger partial charge is 0.481 e. The fourth-order valence-electron chi connectivity index (χ4n) is 2.49. The van der Waals surface area contributed by atoms with Crippen molar-refractivity contribution in [2.24, 2.45) is 11.8 Å². The van der Waals surface area contributed by atoms with Crippen LogP contribution >= 0.6 is 0 Å². The maximum atomic E-state index is 13.1. The molecule has 19 heavy (non-hydrogen) atoms. The number of hydrogen-bond acceptors (Lipinski definition) is 2. The monoisotopic (exact) mass is 268 g/mol. The lowest BCUT2D eigenvalue weighted by atomic mass is 9.78.